The van der Waals surface area contributed by atoms with Crippen molar-refractivity contribution < 1.29 is 24.3 Å². The van der Waals surface area contributed by atoms with Gasteiger partial charge in [0, 0.05) is 25.4 Å². The summed E-state index contributed by atoms with van der Waals surface area (Å²) in [5.41, 5.74) is -0.821. The number of amides is 2. The molecule has 1 aliphatic carbocycles. The second kappa shape index (κ2) is 4.60. The average molecular weight is 344 g/mol. The molecule has 0 radical (unpaired) electrons. The first-order chi connectivity index (χ1) is 11.9. The van der Waals surface area contributed by atoms with E-state index in [0.717, 1.165) is 5.56 Å². The molecule has 1 saturated carbocycles. The number of likely N-dealkylation sites (N-methyl/N-ethyl adjacent to an activating group) is 1. The number of para-hydroxylation sites is 1. The third-order valence-electron chi connectivity index (χ3n) is 6.67. The van der Waals surface area contributed by atoms with Crippen LogP contribution < -0.4 is 5.06 Å². The third kappa shape index (κ3) is 1.53. The van der Waals surface area contributed by atoms with Crippen LogP contribution in [0.3, 0.4) is 0 Å². The van der Waals surface area contributed by atoms with Gasteiger partial charge in [-0.15, -0.1) is 0 Å². The number of hydrogen-bond donors (Lipinski definition) is 1. The quantitative estimate of drug-likeness (QED) is 0.788. The molecular formula is C18H20N2O5. The minimum atomic E-state index is -1.44. The molecule has 5 atom stereocenters. The molecule has 1 aromatic rings. The van der Waals surface area contributed by atoms with Crippen molar-refractivity contribution >= 4 is 17.5 Å². The van der Waals surface area contributed by atoms with Gasteiger partial charge in [-0.25, -0.2) is 0 Å². The highest BCUT2D eigenvalue weighted by Crippen LogP contribution is 2.58. The van der Waals surface area contributed by atoms with Gasteiger partial charge in [0.2, 0.25) is 0 Å². The molecule has 2 amide bonds. The number of carbonyl (C=O) groups is 2. The first-order valence-electron chi connectivity index (χ1n) is 8.54. The van der Waals surface area contributed by atoms with Crippen molar-refractivity contribution in [2.45, 2.75) is 36.0 Å². The van der Waals surface area contributed by atoms with E-state index in [1.165, 1.54) is 12.2 Å². The van der Waals surface area contributed by atoms with Crippen LogP contribution >= 0.6 is 0 Å². The Labute approximate surface area is 145 Å². The number of rotatable bonds is 1. The highest BCUT2D eigenvalue weighted by molar-refractivity contribution is 6.07. The van der Waals surface area contributed by atoms with E-state index in [1.54, 1.807) is 11.9 Å². The minimum absolute atomic E-state index is 0.134. The molecular weight excluding hydrogens is 324 g/mol. The fourth-order valence-corrected chi connectivity index (χ4v) is 5.43. The number of benzene rings is 1. The van der Waals surface area contributed by atoms with Gasteiger partial charge < -0.3 is 14.7 Å². The molecule has 3 saturated heterocycles. The zero-order valence-electron chi connectivity index (χ0n) is 14.1. The fourth-order valence-electron chi connectivity index (χ4n) is 5.43. The maximum Gasteiger partial charge on any atom is 0.264 e. The normalized spacial score (nSPS) is 41.6. The van der Waals surface area contributed by atoms with Crippen LogP contribution in [0.15, 0.2) is 24.3 Å². The Kier molecular flexibility index (Phi) is 2.82. The van der Waals surface area contributed by atoms with E-state index >= 15 is 0 Å². The lowest BCUT2D eigenvalue weighted by Crippen LogP contribution is -2.57. The molecule has 25 heavy (non-hydrogen) atoms. The van der Waals surface area contributed by atoms with Crippen LogP contribution in [-0.2, 0) is 24.6 Å². The van der Waals surface area contributed by atoms with Crippen LogP contribution in [0.2, 0.25) is 0 Å². The molecule has 6 rings (SSSR count). The van der Waals surface area contributed by atoms with Crippen LogP contribution in [0.1, 0.15) is 18.4 Å². The molecule has 4 heterocycles. The number of ether oxygens (including phenoxy) is 1. The molecule has 0 unspecified atom stereocenters. The average Bonchev–Trinajstić information content (AvgIpc) is 2.82. The van der Waals surface area contributed by atoms with Crippen molar-refractivity contribution in [2.24, 2.45) is 5.92 Å². The number of nitrogens with zero attached hydrogens (tertiary/aromatic N) is 2. The summed E-state index contributed by atoms with van der Waals surface area (Å²) in [7, 11) is 3.18. The summed E-state index contributed by atoms with van der Waals surface area (Å²) >= 11 is 0. The second-order valence-electron chi connectivity index (χ2n) is 7.51. The second-order valence-corrected chi connectivity index (χ2v) is 7.51. The van der Waals surface area contributed by atoms with E-state index in [1.807, 2.05) is 24.3 Å². The first-order valence-corrected chi connectivity index (χ1v) is 8.54. The van der Waals surface area contributed by atoms with Crippen LogP contribution in [-0.4, -0.2) is 60.3 Å². The predicted molar refractivity (Wildman–Crippen MR) is 86.6 cm³/mol. The summed E-state index contributed by atoms with van der Waals surface area (Å²) in [5, 5.41) is 12.4. The van der Waals surface area contributed by atoms with Crippen LogP contribution in [0.4, 0.5) is 5.69 Å². The van der Waals surface area contributed by atoms with E-state index in [-0.39, 0.29) is 36.8 Å². The Bertz CT molecular complexity index is 797. The van der Waals surface area contributed by atoms with Gasteiger partial charge in [0.25, 0.3) is 11.8 Å². The van der Waals surface area contributed by atoms with E-state index in [9.17, 15) is 14.7 Å². The summed E-state index contributed by atoms with van der Waals surface area (Å²) in [6, 6.07) is 7.30. The van der Waals surface area contributed by atoms with Gasteiger partial charge >= 0.3 is 0 Å². The molecule has 1 N–H and O–H groups in total. The van der Waals surface area contributed by atoms with Gasteiger partial charge in [0.15, 0.2) is 5.60 Å². The Morgan fingerprint density at radius 2 is 2.00 bits per heavy atom. The van der Waals surface area contributed by atoms with Crippen LogP contribution in [0.25, 0.3) is 0 Å². The fraction of sp³-hybridized carbons (Fsp3) is 0.556. The molecule has 132 valence electrons. The van der Waals surface area contributed by atoms with E-state index in [0.29, 0.717) is 12.1 Å². The SMILES string of the molecule is CON1C(=O)[C@@]2(C[C@H]3[C@H]4CO[C@@H]2C[C@@]4(O)C(=O)N3C)c2ccccc21. The number of hydrogen-bond acceptors (Lipinski definition) is 5. The molecule has 4 aliphatic heterocycles. The zero-order valence-corrected chi connectivity index (χ0v) is 14.1. The lowest BCUT2D eigenvalue weighted by molar-refractivity contribution is -0.169. The molecule has 4 fully saturated rings. The lowest BCUT2D eigenvalue weighted by Gasteiger charge is -2.41. The summed E-state index contributed by atoms with van der Waals surface area (Å²) in [5.74, 6) is -0.746. The number of hydroxylamine groups is 1. The summed E-state index contributed by atoms with van der Waals surface area (Å²) in [6.45, 7) is 0.284. The highest BCUT2D eigenvalue weighted by Gasteiger charge is 2.71. The lowest BCUT2D eigenvalue weighted by atomic mass is 9.71. The topological polar surface area (TPSA) is 79.3 Å². The predicted octanol–water partition coefficient (Wildman–Crippen LogP) is 0.213. The van der Waals surface area contributed by atoms with Crippen molar-refractivity contribution in [1.29, 1.82) is 0 Å². The Morgan fingerprint density at radius 1 is 1.24 bits per heavy atom. The molecule has 1 spiro atoms. The number of aliphatic hydroxyl groups is 1. The summed E-state index contributed by atoms with van der Waals surface area (Å²) in [4.78, 5) is 33.0. The van der Waals surface area contributed by atoms with Crippen molar-refractivity contribution in [1.82, 2.24) is 4.90 Å². The van der Waals surface area contributed by atoms with Gasteiger partial charge in [0.05, 0.1) is 25.5 Å². The van der Waals surface area contributed by atoms with Crippen molar-refractivity contribution in [3.8, 4) is 0 Å². The number of likely N-dealkylation sites (tertiary alicyclic amines) is 1. The highest BCUT2D eigenvalue weighted by atomic mass is 16.7. The van der Waals surface area contributed by atoms with Gasteiger partial charge in [-0.1, -0.05) is 18.2 Å². The maximum atomic E-state index is 13.4. The third-order valence-corrected chi connectivity index (χ3v) is 6.67. The van der Waals surface area contributed by atoms with Crippen molar-refractivity contribution in [2.75, 3.05) is 25.8 Å². The van der Waals surface area contributed by atoms with E-state index < -0.39 is 17.1 Å². The van der Waals surface area contributed by atoms with Gasteiger partial charge in [-0.3, -0.25) is 14.4 Å². The molecule has 5 aliphatic rings. The van der Waals surface area contributed by atoms with Crippen molar-refractivity contribution in [3.63, 3.8) is 0 Å². The van der Waals surface area contributed by atoms with Gasteiger partial charge in [-0.05, 0) is 18.1 Å². The number of carbonyl (C=O) groups excluding carboxylic acids is 2. The maximum absolute atomic E-state index is 13.4. The largest absolute Gasteiger partial charge is 0.379 e. The Balaban J connectivity index is 1.73. The van der Waals surface area contributed by atoms with Crippen LogP contribution in [0.5, 0.6) is 0 Å². The first kappa shape index (κ1) is 15.3. The molecule has 7 heteroatoms. The number of fused-ring (bicyclic) bond motifs is 2. The van der Waals surface area contributed by atoms with Crippen molar-refractivity contribution in [3.05, 3.63) is 29.8 Å². The van der Waals surface area contributed by atoms with Crippen LogP contribution in [0, 0.1) is 5.92 Å². The molecule has 7 nitrogen and oxygen atoms in total. The van der Waals surface area contributed by atoms with Gasteiger partial charge in [0.1, 0.15) is 5.41 Å². The molecule has 1 aromatic carbocycles. The zero-order chi connectivity index (χ0) is 17.6. The molecule has 0 aromatic heterocycles. The Morgan fingerprint density at radius 3 is 2.76 bits per heavy atom. The summed E-state index contributed by atoms with van der Waals surface area (Å²) in [6.07, 6.45) is 0.0163. The number of anilines is 1. The monoisotopic (exact) mass is 344 g/mol. The van der Waals surface area contributed by atoms with E-state index in [4.69, 9.17) is 9.57 Å². The van der Waals surface area contributed by atoms with E-state index in [2.05, 4.69) is 0 Å². The minimum Gasteiger partial charge on any atom is -0.379 e. The molecule has 4 bridgehead atoms. The standard InChI is InChI=1S/C18H20N2O5/c1-19-13-7-17(14-8-18(23,16(19)22)11(13)9-25-14)10-5-3-4-6-12(10)20(24-2)15(17)21/h3-6,11,13-14,23H,7-9H2,1-2H3/t11-,13+,14-,17+,18+/m1/s1. The Hall–Kier alpha value is -1.96. The summed E-state index contributed by atoms with van der Waals surface area (Å²) < 4.78 is 6.06. The smallest absolute Gasteiger partial charge is 0.264 e. The van der Waals surface area contributed by atoms with Gasteiger partial charge in [-0.2, -0.15) is 5.06 Å².